The van der Waals surface area contributed by atoms with Crippen LogP contribution in [0.4, 0.5) is 0 Å². The van der Waals surface area contributed by atoms with E-state index >= 15 is 0 Å². The molecule has 17 heavy (non-hydrogen) atoms. The summed E-state index contributed by atoms with van der Waals surface area (Å²) >= 11 is 1.64. The number of hydrogen-bond acceptors (Lipinski definition) is 3. The van der Waals surface area contributed by atoms with Gasteiger partial charge in [-0.3, -0.25) is 4.99 Å². The highest BCUT2D eigenvalue weighted by Gasteiger charge is 2.03. The van der Waals surface area contributed by atoms with Gasteiger partial charge in [0.2, 0.25) is 0 Å². The van der Waals surface area contributed by atoms with Crippen LogP contribution >= 0.6 is 11.3 Å². The van der Waals surface area contributed by atoms with Crippen LogP contribution in [0, 0.1) is 0 Å². The summed E-state index contributed by atoms with van der Waals surface area (Å²) in [6.07, 6.45) is 0.765. The third kappa shape index (κ3) is 3.29. The SMILES string of the molecule is NC(N)=NCCc1csc(-c2ccccc2)n1. The fourth-order valence-corrected chi connectivity index (χ4v) is 2.30. The predicted molar refractivity (Wildman–Crippen MR) is 71.9 cm³/mol. The van der Waals surface area contributed by atoms with Gasteiger partial charge in [0.05, 0.1) is 5.69 Å². The molecule has 0 spiro atoms. The Labute approximate surface area is 104 Å². The molecule has 0 aliphatic heterocycles. The van der Waals surface area contributed by atoms with Crippen LogP contribution in [0.3, 0.4) is 0 Å². The van der Waals surface area contributed by atoms with Crippen molar-refractivity contribution in [2.24, 2.45) is 16.5 Å². The maximum absolute atomic E-state index is 5.26. The molecule has 0 aliphatic carbocycles. The standard InChI is InChI=1S/C12H14N4S/c13-12(14)15-7-6-10-8-17-11(16-10)9-4-2-1-3-5-9/h1-5,8H,6-7H2,(H4,13,14,15). The van der Waals surface area contributed by atoms with Gasteiger partial charge < -0.3 is 11.5 Å². The second-order valence-corrected chi connectivity index (χ2v) is 4.42. The zero-order chi connectivity index (χ0) is 12.1. The minimum absolute atomic E-state index is 0.128. The Hall–Kier alpha value is -1.88. The van der Waals surface area contributed by atoms with E-state index in [1.165, 1.54) is 0 Å². The summed E-state index contributed by atoms with van der Waals surface area (Å²) in [6, 6.07) is 10.1. The molecule has 4 N–H and O–H groups in total. The van der Waals surface area contributed by atoms with Gasteiger partial charge in [0.1, 0.15) is 5.01 Å². The van der Waals surface area contributed by atoms with E-state index in [4.69, 9.17) is 11.5 Å². The molecule has 0 fully saturated rings. The van der Waals surface area contributed by atoms with E-state index in [9.17, 15) is 0 Å². The lowest BCUT2D eigenvalue weighted by atomic mass is 10.2. The fourth-order valence-electron chi connectivity index (χ4n) is 1.43. The molecule has 4 nitrogen and oxygen atoms in total. The summed E-state index contributed by atoms with van der Waals surface area (Å²) in [7, 11) is 0. The van der Waals surface area contributed by atoms with Gasteiger partial charge in [-0.15, -0.1) is 11.3 Å². The quantitative estimate of drug-likeness (QED) is 0.635. The van der Waals surface area contributed by atoms with Crippen molar-refractivity contribution in [3.63, 3.8) is 0 Å². The van der Waals surface area contributed by atoms with Crippen molar-refractivity contribution in [1.82, 2.24) is 4.98 Å². The van der Waals surface area contributed by atoms with Crippen LogP contribution in [-0.4, -0.2) is 17.5 Å². The molecule has 1 aromatic carbocycles. The molecule has 0 aliphatic rings. The smallest absolute Gasteiger partial charge is 0.185 e. The van der Waals surface area contributed by atoms with Crippen molar-refractivity contribution >= 4 is 17.3 Å². The first-order valence-electron chi connectivity index (χ1n) is 5.31. The van der Waals surface area contributed by atoms with Crippen molar-refractivity contribution < 1.29 is 0 Å². The molecular formula is C12H14N4S. The summed E-state index contributed by atoms with van der Waals surface area (Å²) in [5.41, 5.74) is 12.7. The summed E-state index contributed by atoms with van der Waals surface area (Å²) in [4.78, 5) is 8.48. The second kappa shape index (κ2) is 5.45. The zero-order valence-electron chi connectivity index (χ0n) is 9.34. The zero-order valence-corrected chi connectivity index (χ0v) is 10.2. The molecule has 0 atom stereocenters. The third-order valence-corrected chi connectivity index (χ3v) is 3.17. The molecule has 0 saturated heterocycles. The van der Waals surface area contributed by atoms with Crippen LogP contribution in [0.1, 0.15) is 5.69 Å². The molecule has 0 radical (unpaired) electrons. The van der Waals surface area contributed by atoms with Crippen LogP contribution in [0.5, 0.6) is 0 Å². The third-order valence-electron chi connectivity index (χ3n) is 2.23. The van der Waals surface area contributed by atoms with Crippen molar-refractivity contribution in [2.45, 2.75) is 6.42 Å². The lowest BCUT2D eigenvalue weighted by molar-refractivity contribution is 0.932. The number of nitrogens with zero attached hydrogens (tertiary/aromatic N) is 2. The summed E-state index contributed by atoms with van der Waals surface area (Å²) in [5, 5.41) is 3.08. The Kier molecular flexibility index (Phi) is 3.72. The monoisotopic (exact) mass is 246 g/mol. The van der Waals surface area contributed by atoms with E-state index < -0.39 is 0 Å². The van der Waals surface area contributed by atoms with Crippen molar-refractivity contribution in [3.8, 4) is 10.6 Å². The number of aromatic nitrogens is 1. The lowest BCUT2D eigenvalue weighted by Crippen LogP contribution is -2.23. The normalized spacial score (nSPS) is 10.1. The van der Waals surface area contributed by atoms with E-state index in [-0.39, 0.29) is 5.96 Å². The Bertz CT molecular complexity index is 500. The average molecular weight is 246 g/mol. The van der Waals surface area contributed by atoms with Gasteiger partial charge in [-0.05, 0) is 0 Å². The largest absolute Gasteiger partial charge is 0.370 e. The molecule has 2 rings (SSSR count). The van der Waals surface area contributed by atoms with Gasteiger partial charge in [0, 0.05) is 23.9 Å². The molecule has 0 bridgehead atoms. The number of rotatable bonds is 4. The predicted octanol–water partition coefficient (Wildman–Crippen LogP) is 1.63. The highest BCUT2D eigenvalue weighted by Crippen LogP contribution is 2.23. The van der Waals surface area contributed by atoms with Crippen molar-refractivity contribution in [3.05, 3.63) is 41.4 Å². The van der Waals surface area contributed by atoms with E-state index in [0.717, 1.165) is 22.7 Å². The van der Waals surface area contributed by atoms with Crippen LogP contribution in [0.2, 0.25) is 0 Å². The minimum atomic E-state index is 0.128. The number of benzene rings is 1. The molecule has 1 aromatic heterocycles. The van der Waals surface area contributed by atoms with E-state index in [1.807, 2.05) is 23.6 Å². The minimum Gasteiger partial charge on any atom is -0.370 e. The Morgan fingerprint density at radius 3 is 2.71 bits per heavy atom. The Morgan fingerprint density at radius 2 is 2.00 bits per heavy atom. The van der Waals surface area contributed by atoms with E-state index in [1.54, 1.807) is 11.3 Å². The maximum Gasteiger partial charge on any atom is 0.185 e. The molecule has 1 heterocycles. The molecule has 5 heteroatoms. The summed E-state index contributed by atoms with van der Waals surface area (Å²) in [5.74, 6) is 0.128. The molecular weight excluding hydrogens is 232 g/mol. The van der Waals surface area contributed by atoms with E-state index in [0.29, 0.717) is 6.54 Å². The topological polar surface area (TPSA) is 77.3 Å². The number of nitrogens with two attached hydrogens (primary N) is 2. The van der Waals surface area contributed by atoms with Gasteiger partial charge in [-0.1, -0.05) is 30.3 Å². The highest BCUT2D eigenvalue weighted by molar-refractivity contribution is 7.13. The molecule has 2 aromatic rings. The van der Waals surface area contributed by atoms with E-state index in [2.05, 4.69) is 22.1 Å². The first-order valence-corrected chi connectivity index (χ1v) is 6.19. The van der Waals surface area contributed by atoms with Crippen LogP contribution in [0.15, 0.2) is 40.7 Å². The summed E-state index contributed by atoms with van der Waals surface area (Å²) in [6.45, 7) is 0.584. The van der Waals surface area contributed by atoms with Crippen LogP contribution < -0.4 is 11.5 Å². The Balaban J connectivity index is 2.04. The number of thiazole rings is 1. The highest BCUT2D eigenvalue weighted by atomic mass is 32.1. The first-order chi connectivity index (χ1) is 8.25. The Morgan fingerprint density at radius 1 is 1.24 bits per heavy atom. The molecule has 0 amide bonds. The average Bonchev–Trinajstić information content (AvgIpc) is 2.78. The van der Waals surface area contributed by atoms with Gasteiger partial charge in [0.15, 0.2) is 5.96 Å². The number of aliphatic imine (C=N–C) groups is 1. The number of guanidine groups is 1. The molecule has 0 saturated carbocycles. The molecule has 88 valence electrons. The molecule has 0 unspecified atom stereocenters. The number of hydrogen-bond donors (Lipinski definition) is 2. The fraction of sp³-hybridized carbons (Fsp3) is 0.167. The van der Waals surface area contributed by atoms with Gasteiger partial charge in [-0.2, -0.15) is 0 Å². The van der Waals surface area contributed by atoms with Gasteiger partial charge >= 0.3 is 0 Å². The maximum atomic E-state index is 5.26. The summed E-state index contributed by atoms with van der Waals surface area (Å²) < 4.78 is 0. The van der Waals surface area contributed by atoms with Crippen LogP contribution in [0.25, 0.3) is 10.6 Å². The first kappa shape index (κ1) is 11.6. The van der Waals surface area contributed by atoms with Crippen molar-refractivity contribution in [1.29, 1.82) is 0 Å². The van der Waals surface area contributed by atoms with Crippen molar-refractivity contribution in [2.75, 3.05) is 6.54 Å². The second-order valence-electron chi connectivity index (χ2n) is 3.57. The van der Waals surface area contributed by atoms with Gasteiger partial charge in [-0.25, -0.2) is 4.98 Å². The lowest BCUT2D eigenvalue weighted by Gasteiger charge is -1.94. The van der Waals surface area contributed by atoms with Gasteiger partial charge in [0.25, 0.3) is 0 Å². The van der Waals surface area contributed by atoms with Crippen LogP contribution in [-0.2, 0) is 6.42 Å².